The molecule has 0 aromatic heterocycles. The average molecular weight is 275 g/mol. The number of hydrogen-bond acceptors (Lipinski definition) is 4. The predicted molar refractivity (Wildman–Crippen MR) is 67.4 cm³/mol. The molecule has 0 saturated heterocycles. The van der Waals surface area contributed by atoms with Crippen molar-refractivity contribution in [1.29, 1.82) is 0 Å². The van der Waals surface area contributed by atoms with Gasteiger partial charge in [-0.15, -0.1) is 0 Å². The SMILES string of the molecule is CCC(C)(CNC(=O)NCCOCC(N)=O)C(=O)O. The Bertz CT molecular complexity index is 334. The molecular formula is C11H21N3O5. The summed E-state index contributed by atoms with van der Waals surface area (Å²) < 4.78 is 4.84. The molecule has 19 heavy (non-hydrogen) atoms. The first-order valence-corrected chi connectivity index (χ1v) is 5.93. The fourth-order valence-electron chi connectivity index (χ4n) is 1.10. The first kappa shape index (κ1) is 17.2. The number of primary amides is 1. The molecule has 0 heterocycles. The number of carbonyl (C=O) groups is 3. The van der Waals surface area contributed by atoms with E-state index in [0.717, 1.165) is 0 Å². The number of rotatable bonds is 9. The van der Waals surface area contributed by atoms with E-state index in [0.29, 0.717) is 6.42 Å². The quantitative estimate of drug-likeness (QED) is 0.413. The number of urea groups is 1. The molecule has 0 radical (unpaired) electrons. The van der Waals surface area contributed by atoms with Gasteiger partial charge < -0.3 is 26.2 Å². The summed E-state index contributed by atoms with van der Waals surface area (Å²) in [6, 6.07) is -0.483. The summed E-state index contributed by atoms with van der Waals surface area (Å²) >= 11 is 0. The minimum absolute atomic E-state index is 0.0345. The molecule has 0 rings (SSSR count). The summed E-state index contributed by atoms with van der Waals surface area (Å²) in [6.07, 6.45) is 0.407. The second kappa shape index (κ2) is 8.30. The van der Waals surface area contributed by atoms with Crippen molar-refractivity contribution < 1.29 is 24.2 Å². The van der Waals surface area contributed by atoms with Gasteiger partial charge in [-0.2, -0.15) is 0 Å². The van der Waals surface area contributed by atoms with Crippen LogP contribution >= 0.6 is 0 Å². The van der Waals surface area contributed by atoms with E-state index in [1.54, 1.807) is 13.8 Å². The van der Waals surface area contributed by atoms with E-state index in [1.807, 2.05) is 0 Å². The van der Waals surface area contributed by atoms with E-state index in [9.17, 15) is 14.4 Å². The van der Waals surface area contributed by atoms with E-state index in [2.05, 4.69) is 10.6 Å². The molecule has 1 atom stereocenters. The predicted octanol–water partition coefficient (Wildman–Crippen LogP) is -0.712. The fraction of sp³-hybridized carbons (Fsp3) is 0.727. The van der Waals surface area contributed by atoms with Crippen molar-refractivity contribution in [1.82, 2.24) is 10.6 Å². The standard InChI is InChI=1S/C11H21N3O5/c1-3-11(2,9(16)17)7-14-10(18)13-4-5-19-6-8(12)15/h3-7H2,1-2H3,(H2,12,15)(H,16,17)(H2,13,14,18). The molecule has 0 bridgehead atoms. The number of nitrogens with two attached hydrogens (primary N) is 1. The van der Waals surface area contributed by atoms with Crippen LogP contribution in [0.1, 0.15) is 20.3 Å². The maximum atomic E-state index is 11.4. The number of carboxylic acid groups (broad SMARTS) is 1. The van der Waals surface area contributed by atoms with Crippen LogP contribution in [0.25, 0.3) is 0 Å². The number of hydrogen-bond donors (Lipinski definition) is 4. The Labute approximate surface area is 111 Å². The van der Waals surface area contributed by atoms with Crippen molar-refractivity contribution >= 4 is 17.9 Å². The van der Waals surface area contributed by atoms with Crippen LogP contribution in [0.4, 0.5) is 4.79 Å². The minimum Gasteiger partial charge on any atom is -0.481 e. The summed E-state index contributed by atoms with van der Waals surface area (Å²) in [4.78, 5) is 32.7. The van der Waals surface area contributed by atoms with Gasteiger partial charge in [0.2, 0.25) is 5.91 Å². The highest BCUT2D eigenvalue weighted by Gasteiger charge is 2.31. The Hall–Kier alpha value is -1.83. The molecule has 0 fully saturated rings. The zero-order chi connectivity index (χ0) is 14.9. The molecule has 0 spiro atoms. The summed E-state index contributed by atoms with van der Waals surface area (Å²) in [6.45, 7) is 3.50. The summed E-state index contributed by atoms with van der Waals surface area (Å²) in [7, 11) is 0. The molecule has 0 aliphatic carbocycles. The molecule has 8 heteroatoms. The molecule has 1 unspecified atom stereocenters. The number of carbonyl (C=O) groups excluding carboxylic acids is 2. The second-order valence-corrected chi connectivity index (χ2v) is 4.35. The molecule has 0 aromatic carbocycles. The van der Waals surface area contributed by atoms with Crippen molar-refractivity contribution in [3.63, 3.8) is 0 Å². The molecule has 0 aromatic rings. The third-order valence-electron chi connectivity index (χ3n) is 2.71. The van der Waals surface area contributed by atoms with Gasteiger partial charge in [0.25, 0.3) is 0 Å². The van der Waals surface area contributed by atoms with Gasteiger partial charge in [-0.1, -0.05) is 6.92 Å². The molecular weight excluding hydrogens is 254 g/mol. The maximum Gasteiger partial charge on any atom is 0.314 e. The number of carboxylic acids is 1. The fourth-order valence-corrected chi connectivity index (χ4v) is 1.10. The first-order chi connectivity index (χ1) is 8.81. The molecule has 0 aliphatic rings. The molecule has 0 saturated carbocycles. The number of amides is 3. The van der Waals surface area contributed by atoms with Crippen molar-refractivity contribution in [3.05, 3.63) is 0 Å². The van der Waals surface area contributed by atoms with Crippen LogP contribution in [-0.4, -0.2) is 49.3 Å². The van der Waals surface area contributed by atoms with E-state index in [1.165, 1.54) is 0 Å². The van der Waals surface area contributed by atoms with Gasteiger partial charge in [0, 0.05) is 13.1 Å². The van der Waals surface area contributed by atoms with E-state index in [-0.39, 0.29) is 26.3 Å². The lowest BCUT2D eigenvalue weighted by Gasteiger charge is -2.23. The monoisotopic (exact) mass is 275 g/mol. The highest BCUT2D eigenvalue weighted by atomic mass is 16.5. The van der Waals surface area contributed by atoms with Gasteiger partial charge in [0.1, 0.15) is 6.61 Å². The second-order valence-electron chi connectivity index (χ2n) is 4.35. The number of nitrogens with one attached hydrogen (secondary N) is 2. The summed E-state index contributed by atoms with van der Waals surface area (Å²) in [5.41, 5.74) is 3.87. The van der Waals surface area contributed by atoms with Crippen molar-refractivity contribution in [3.8, 4) is 0 Å². The summed E-state index contributed by atoms with van der Waals surface area (Å²) in [5, 5.41) is 14.0. The Balaban J connectivity index is 3.81. The number of ether oxygens (including phenoxy) is 1. The highest BCUT2D eigenvalue weighted by molar-refractivity contribution is 5.77. The lowest BCUT2D eigenvalue weighted by Crippen LogP contribution is -2.45. The molecule has 3 amide bonds. The Kier molecular flexibility index (Phi) is 7.50. The molecule has 5 N–H and O–H groups in total. The third-order valence-corrected chi connectivity index (χ3v) is 2.71. The smallest absolute Gasteiger partial charge is 0.314 e. The van der Waals surface area contributed by atoms with E-state index < -0.39 is 23.3 Å². The van der Waals surface area contributed by atoms with Gasteiger partial charge in [-0.05, 0) is 13.3 Å². The van der Waals surface area contributed by atoms with Gasteiger partial charge in [-0.3, -0.25) is 9.59 Å². The molecule has 8 nitrogen and oxygen atoms in total. The largest absolute Gasteiger partial charge is 0.481 e. The zero-order valence-electron chi connectivity index (χ0n) is 11.2. The average Bonchev–Trinajstić information content (AvgIpc) is 2.34. The van der Waals surface area contributed by atoms with Crippen LogP contribution in [0, 0.1) is 5.41 Å². The third kappa shape index (κ3) is 7.24. The van der Waals surface area contributed by atoms with Crippen molar-refractivity contribution in [2.75, 3.05) is 26.3 Å². The van der Waals surface area contributed by atoms with Crippen LogP contribution < -0.4 is 16.4 Å². The zero-order valence-corrected chi connectivity index (χ0v) is 11.2. The Morgan fingerprint density at radius 2 is 1.95 bits per heavy atom. The topological polar surface area (TPSA) is 131 Å². The van der Waals surface area contributed by atoms with Crippen LogP contribution in [0.5, 0.6) is 0 Å². The number of aliphatic carboxylic acids is 1. The van der Waals surface area contributed by atoms with Crippen LogP contribution in [-0.2, 0) is 14.3 Å². The van der Waals surface area contributed by atoms with Gasteiger partial charge in [-0.25, -0.2) is 4.79 Å². The normalized spacial score (nSPS) is 13.4. The van der Waals surface area contributed by atoms with Crippen molar-refractivity contribution in [2.45, 2.75) is 20.3 Å². The van der Waals surface area contributed by atoms with Crippen molar-refractivity contribution in [2.24, 2.45) is 11.1 Å². The molecule has 0 aliphatic heterocycles. The lowest BCUT2D eigenvalue weighted by atomic mass is 9.88. The Morgan fingerprint density at radius 3 is 2.42 bits per heavy atom. The maximum absolute atomic E-state index is 11.4. The van der Waals surface area contributed by atoms with Crippen LogP contribution in [0.3, 0.4) is 0 Å². The van der Waals surface area contributed by atoms with Gasteiger partial charge >= 0.3 is 12.0 Å². The highest BCUT2D eigenvalue weighted by Crippen LogP contribution is 2.19. The minimum atomic E-state index is -0.986. The first-order valence-electron chi connectivity index (χ1n) is 5.93. The molecule has 110 valence electrons. The van der Waals surface area contributed by atoms with Crippen LogP contribution in [0.2, 0.25) is 0 Å². The van der Waals surface area contributed by atoms with E-state index in [4.69, 9.17) is 15.6 Å². The van der Waals surface area contributed by atoms with Gasteiger partial charge in [0.05, 0.1) is 12.0 Å². The van der Waals surface area contributed by atoms with Gasteiger partial charge in [0.15, 0.2) is 0 Å². The Morgan fingerprint density at radius 1 is 1.32 bits per heavy atom. The lowest BCUT2D eigenvalue weighted by molar-refractivity contribution is -0.147. The van der Waals surface area contributed by atoms with Crippen LogP contribution in [0.15, 0.2) is 0 Å². The summed E-state index contributed by atoms with van der Waals surface area (Å²) in [5.74, 6) is -1.54. The van der Waals surface area contributed by atoms with E-state index >= 15 is 0 Å².